The highest BCUT2D eigenvalue weighted by atomic mass is 31.0. The molecule has 0 heterocycles. The number of allylic oxidation sites excluding steroid dienone is 1. The summed E-state index contributed by atoms with van der Waals surface area (Å²) in [7, 11) is 2.19. The van der Waals surface area contributed by atoms with Crippen LogP contribution in [0.15, 0.2) is 35.9 Å². The predicted molar refractivity (Wildman–Crippen MR) is 64.2 cm³/mol. The van der Waals surface area contributed by atoms with Gasteiger partial charge in [-0.2, -0.15) is 0 Å². The zero-order chi connectivity index (χ0) is 11.5. The number of hydrogen-bond donors (Lipinski definition) is 1. The minimum atomic E-state index is -0.608. The molecule has 0 bridgehead atoms. The smallest absolute Gasteiger partial charge is 0.161 e. The van der Waals surface area contributed by atoms with Crippen LogP contribution in [0.4, 0.5) is 0 Å². The molecule has 1 unspecified atom stereocenters. The van der Waals surface area contributed by atoms with Gasteiger partial charge in [-0.25, -0.2) is 0 Å². The van der Waals surface area contributed by atoms with Crippen LogP contribution in [-0.2, 0) is 11.2 Å². The van der Waals surface area contributed by atoms with Crippen molar-refractivity contribution < 1.29 is 14.4 Å². The second-order valence-corrected chi connectivity index (χ2v) is 4.06. The van der Waals surface area contributed by atoms with Gasteiger partial charge in [0.25, 0.3) is 0 Å². The van der Waals surface area contributed by atoms with Crippen LogP contribution in [0, 0.1) is 0 Å². The lowest BCUT2D eigenvalue weighted by Gasteiger charge is -2.04. The third-order valence-electron chi connectivity index (χ3n) is 2.58. The minimum Gasteiger partial charge on any atom is -0.480 e. The Hall–Kier alpha value is -1.18. The first-order valence-corrected chi connectivity index (χ1v) is 5.54. The summed E-state index contributed by atoms with van der Waals surface area (Å²) in [6.07, 6.45) is 1.80. The molecule has 84 valence electrons. The molecule has 1 aromatic carbocycles. The van der Waals surface area contributed by atoms with Crippen molar-refractivity contribution in [2.45, 2.75) is 18.9 Å². The fourth-order valence-corrected chi connectivity index (χ4v) is 1.96. The van der Waals surface area contributed by atoms with E-state index in [9.17, 15) is 9.90 Å². The van der Waals surface area contributed by atoms with Crippen LogP contribution in [0.1, 0.15) is 12.0 Å². The van der Waals surface area contributed by atoms with Crippen LogP contribution in [0.25, 0.3) is 0 Å². The number of hydrogen-bond acceptors (Lipinski definition) is 3. The standard InChI is InChI=1S/C12H13O3P/c13-10-6-9(12(14)7-10)4-8-2-1-3-11(5-8)15-16/h1-3,5-6,10,13H,4,7,16H2/t10-/m0/s1. The Kier molecular flexibility index (Phi) is 3.37. The molecular formula is C12H13O3P. The molecule has 0 amide bonds. The maximum atomic E-state index is 11.5. The summed E-state index contributed by atoms with van der Waals surface area (Å²) in [6, 6.07) is 7.54. The Bertz CT molecular complexity index is 440. The van der Waals surface area contributed by atoms with Crippen molar-refractivity contribution in [2.75, 3.05) is 0 Å². The zero-order valence-electron chi connectivity index (χ0n) is 8.72. The number of rotatable bonds is 3. The second-order valence-electron chi connectivity index (χ2n) is 3.83. The highest BCUT2D eigenvalue weighted by Gasteiger charge is 2.21. The van der Waals surface area contributed by atoms with Gasteiger partial charge in [0.15, 0.2) is 5.78 Å². The monoisotopic (exact) mass is 236 g/mol. The fourth-order valence-electron chi connectivity index (χ4n) is 1.81. The Morgan fingerprint density at radius 3 is 2.94 bits per heavy atom. The molecule has 1 aliphatic rings. The molecule has 1 N–H and O–H groups in total. The number of aliphatic hydroxyl groups is 1. The number of carbonyl (C=O) groups excluding carboxylic acids is 1. The Morgan fingerprint density at radius 2 is 2.31 bits per heavy atom. The number of aliphatic hydroxyl groups excluding tert-OH is 1. The first kappa shape index (κ1) is 11.3. The summed E-state index contributed by atoms with van der Waals surface area (Å²) < 4.78 is 5.03. The number of carbonyl (C=O) groups is 1. The van der Waals surface area contributed by atoms with E-state index in [1.165, 1.54) is 0 Å². The quantitative estimate of drug-likeness (QED) is 0.812. The average Bonchev–Trinajstić information content (AvgIpc) is 2.58. The molecule has 0 aromatic heterocycles. The third-order valence-corrected chi connectivity index (χ3v) is 2.85. The topological polar surface area (TPSA) is 46.5 Å². The molecule has 2 rings (SSSR count). The van der Waals surface area contributed by atoms with E-state index in [2.05, 4.69) is 9.47 Å². The van der Waals surface area contributed by atoms with Gasteiger partial charge in [-0.1, -0.05) is 12.1 Å². The van der Waals surface area contributed by atoms with Crippen LogP contribution in [0.5, 0.6) is 5.75 Å². The minimum absolute atomic E-state index is 0.0321. The normalized spacial score (nSPS) is 19.8. The molecule has 1 aromatic rings. The van der Waals surface area contributed by atoms with Gasteiger partial charge in [0.2, 0.25) is 0 Å². The summed E-state index contributed by atoms with van der Waals surface area (Å²) in [5, 5.41) is 9.32. The molecule has 0 spiro atoms. The molecule has 0 saturated heterocycles. The first-order valence-electron chi connectivity index (χ1n) is 5.06. The fraction of sp³-hybridized carbons (Fsp3) is 0.250. The molecular weight excluding hydrogens is 223 g/mol. The van der Waals surface area contributed by atoms with Gasteiger partial charge in [-0.3, -0.25) is 4.79 Å². The van der Waals surface area contributed by atoms with E-state index >= 15 is 0 Å². The molecule has 0 aliphatic heterocycles. The van der Waals surface area contributed by atoms with Crippen molar-refractivity contribution in [3.05, 3.63) is 41.5 Å². The Labute approximate surface area is 96.4 Å². The van der Waals surface area contributed by atoms with Gasteiger partial charge in [0.05, 0.1) is 15.6 Å². The van der Waals surface area contributed by atoms with Crippen LogP contribution in [0.3, 0.4) is 0 Å². The predicted octanol–water partition coefficient (Wildman–Crippen LogP) is 1.66. The lowest BCUT2D eigenvalue weighted by Crippen LogP contribution is -2.02. The van der Waals surface area contributed by atoms with Crippen LogP contribution in [0.2, 0.25) is 0 Å². The summed E-state index contributed by atoms with van der Waals surface area (Å²) in [5.41, 5.74) is 1.70. The van der Waals surface area contributed by atoms with Gasteiger partial charge >= 0.3 is 0 Å². The molecule has 0 fully saturated rings. The van der Waals surface area contributed by atoms with E-state index in [4.69, 9.17) is 4.52 Å². The van der Waals surface area contributed by atoms with Crippen molar-refractivity contribution in [3.8, 4) is 5.75 Å². The van der Waals surface area contributed by atoms with Gasteiger partial charge in [0, 0.05) is 12.8 Å². The third kappa shape index (κ3) is 2.49. The van der Waals surface area contributed by atoms with Crippen LogP contribution < -0.4 is 4.52 Å². The maximum absolute atomic E-state index is 11.5. The molecule has 0 saturated carbocycles. The van der Waals surface area contributed by atoms with E-state index < -0.39 is 6.10 Å². The highest BCUT2D eigenvalue weighted by molar-refractivity contribution is 7.10. The summed E-state index contributed by atoms with van der Waals surface area (Å²) >= 11 is 0. The number of benzene rings is 1. The van der Waals surface area contributed by atoms with Crippen LogP contribution in [-0.4, -0.2) is 17.0 Å². The zero-order valence-corrected chi connectivity index (χ0v) is 9.87. The summed E-state index contributed by atoms with van der Waals surface area (Å²) in [4.78, 5) is 11.5. The molecule has 4 heteroatoms. The average molecular weight is 236 g/mol. The lowest BCUT2D eigenvalue weighted by molar-refractivity contribution is -0.115. The molecule has 16 heavy (non-hydrogen) atoms. The van der Waals surface area contributed by atoms with Gasteiger partial charge in [-0.05, 0) is 29.3 Å². The van der Waals surface area contributed by atoms with E-state index in [-0.39, 0.29) is 12.2 Å². The van der Waals surface area contributed by atoms with Crippen molar-refractivity contribution in [2.24, 2.45) is 0 Å². The van der Waals surface area contributed by atoms with Crippen molar-refractivity contribution in [1.29, 1.82) is 0 Å². The second kappa shape index (κ2) is 4.77. The number of Topliss-reactive ketones (excluding diaryl/α,β-unsaturated/α-hetero) is 1. The maximum Gasteiger partial charge on any atom is 0.161 e. The first-order chi connectivity index (χ1) is 7.69. The van der Waals surface area contributed by atoms with Crippen molar-refractivity contribution >= 4 is 15.2 Å². The van der Waals surface area contributed by atoms with Crippen LogP contribution >= 0.6 is 9.47 Å². The lowest BCUT2D eigenvalue weighted by atomic mass is 10.0. The van der Waals surface area contributed by atoms with E-state index in [0.29, 0.717) is 12.0 Å². The molecule has 3 nitrogen and oxygen atoms in total. The van der Waals surface area contributed by atoms with Gasteiger partial charge in [-0.15, -0.1) is 0 Å². The summed E-state index contributed by atoms with van der Waals surface area (Å²) in [6.45, 7) is 0. The molecule has 0 radical (unpaired) electrons. The molecule has 2 atom stereocenters. The van der Waals surface area contributed by atoms with Gasteiger partial charge in [0.1, 0.15) is 5.75 Å². The van der Waals surface area contributed by atoms with E-state index in [1.807, 2.05) is 24.3 Å². The Morgan fingerprint density at radius 1 is 1.50 bits per heavy atom. The Balaban J connectivity index is 2.15. The largest absolute Gasteiger partial charge is 0.480 e. The van der Waals surface area contributed by atoms with Crippen molar-refractivity contribution in [3.63, 3.8) is 0 Å². The van der Waals surface area contributed by atoms with Crippen molar-refractivity contribution in [1.82, 2.24) is 0 Å². The van der Waals surface area contributed by atoms with E-state index in [1.54, 1.807) is 6.08 Å². The SMILES string of the molecule is O=C1C[C@@H](O)C=C1Cc1cccc(OP)c1. The summed E-state index contributed by atoms with van der Waals surface area (Å²) in [5.74, 6) is 0.777. The van der Waals surface area contributed by atoms with E-state index in [0.717, 1.165) is 11.3 Å². The highest BCUT2D eigenvalue weighted by Crippen LogP contribution is 2.22. The number of ketones is 1. The molecule has 1 aliphatic carbocycles. The van der Waals surface area contributed by atoms with Gasteiger partial charge < -0.3 is 9.63 Å².